The lowest BCUT2D eigenvalue weighted by atomic mass is 10.2. The maximum Gasteiger partial charge on any atom is 0.123 e. The maximum absolute atomic E-state index is 13.1. The van der Waals surface area contributed by atoms with Gasteiger partial charge in [-0.05, 0) is 41.5 Å². The predicted octanol–water partition coefficient (Wildman–Crippen LogP) is 4.53. The Morgan fingerprint density at radius 3 is 2.72 bits per heavy atom. The van der Waals surface area contributed by atoms with E-state index in [1.54, 1.807) is 6.07 Å². The summed E-state index contributed by atoms with van der Waals surface area (Å²) < 4.78 is 14.1. The van der Waals surface area contributed by atoms with Gasteiger partial charge < -0.3 is 5.32 Å². The second kappa shape index (κ2) is 6.32. The number of halogens is 3. The fourth-order valence-corrected chi connectivity index (χ4v) is 2.30. The van der Waals surface area contributed by atoms with Crippen molar-refractivity contribution < 1.29 is 4.39 Å². The Morgan fingerprint density at radius 1 is 1.11 bits per heavy atom. The highest BCUT2D eigenvalue weighted by Gasteiger charge is 2.02. The Kier molecular flexibility index (Phi) is 4.75. The molecule has 0 fully saturated rings. The highest BCUT2D eigenvalue weighted by Crippen LogP contribution is 2.17. The van der Waals surface area contributed by atoms with Crippen molar-refractivity contribution in [1.82, 2.24) is 5.32 Å². The Balaban J connectivity index is 1.94. The zero-order chi connectivity index (χ0) is 13.0. The predicted molar refractivity (Wildman–Crippen MR) is 76.1 cm³/mol. The molecule has 94 valence electrons. The van der Waals surface area contributed by atoms with Gasteiger partial charge in [0.2, 0.25) is 0 Å². The lowest BCUT2D eigenvalue weighted by molar-refractivity contribution is 0.620. The molecule has 2 aromatic carbocycles. The van der Waals surface area contributed by atoms with E-state index in [2.05, 4.69) is 21.2 Å². The number of hydrogen-bond acceptors (Lipinski definition) is 1. The van der Waals surface area contributed by atoms with Gasteiger partial charge in [0.15, 0.2) is 0 Å². The first kappa shape index (κ1) is 13.5. The number of nitrogens with one attached hydrogen (secondary N) is 1. The summed E-state index contributed by atoms with van der Waals surface area (Å²) in [5.41, 5.74) is 1.93. The first-order valence-electron chi connectivity index (χ1n) is 5.54. The van der Waals surface area contributed by atoms with Gasteiger partial charge in [0.05, 0.1) is 0 Å². The van der Waals surface area contributed by atoms with Crippen molar-refractivity contribution >= 4 is 27.5 Å². The molecule has 0 aliphatic carbocycles. The summed E-state index contributed by atoms with van der Waals surface area (Å²) in [6.07, 6.45) is 0. The molecular weight excluding hydrogens is 317 g/mol. The van der Waals surface area contributed by atoms with Crippen LogP contribution in [0.25, 0.3) is 0 Å². The van der Waals surface area contributed by atoms with Gasteiger partial charge in [-0.25, -0.2) is 4.39 Å². The minimum atomic E-state index is -0.265. The summed E-state index contributed by atoms with van der Waals surface area (Å²) >= 11 is 9.41. The zero-order valence-corrected chi connectivity index (χ0v) is 11.9. The van der Waals surface area contributed by atoms with E-state index >= 15 is 0 Å². The lowest BCUT2D eigenvalue weighted by Gasteiger charge is -2.07. The quantitative estimate of drug-likeness (QED) is 0.869. The molecule has 1 N–H and O–H groups in total. The van der Waals surface area contributed by atoms with Crippen LogP contribution in [0.1, 0.15) is 11.1 Å². The van der Waals surface area contributed by atoms with Crippen LogP contribution in [0, 0.1) is 5.82 Å². The molecule has 0 aliphatic heterocycles. The molecule has 4 heteroatoms. The van der Waals surface area contributed by atoms with E-state index in [1.165, 1.54) is 12.1 Å². The second-order valence-electron chi connectivity index (χ2n) is 3.97. The van der Waals surface area contributed by atoms with Gasteiger partial charge in [0.1, 0.15) is 5.82 Å². The van der Waals surface area contributed by atoms with Crippen molar-refractivity contribution in [2.24, 2.45) is 0 Å². The Hall–Kier alpha value is -0.900. The van der Waals surface area contributed by atoms with Crippen LogP contribution >= 0.6 is 27.5 Å². The molecule has 0 atom stereocenters. The van der Waals surface area contributed by atoms with Crippen molar-refractivity contribution in [1.29, 1.82) is 0 Å². The first-order valence-corrected chi connectivity index (χ1v) is 6.71. The maximum atomic E-state index is 13.1. The molecule has 0 unspecified atom stereocenters. The van der Waals surface area contributed by atoms with E-state index in [0.29, 0.717) is 18.1 Å². The minimum Gasteiger partial charge on any atom is -0.309 e. The van der Waals surface area contributed by atoms with Crippen LogP contribution in [-0.4, -0.2) is 0 Å². The van der Waals surface area contributed by atoms with Gasteiger partial charge in [-0.2, -0.15) is 0 Å². The Labute approximate surface area is 119 Å². The molecule has 2 aromatic rings. The summed E-state index contributed by atoms with van der Waals surface area (Å²) in [7, 11) is 0. The van der Waals surface area contributed by atoms with Crippen LogP contribution < -0.4 is 5.32 Å². The third kappa shape index (κ3) is 3.80. The molecule has 0 spiro atoms. The fourth-order valence-electron chi connectivity index (χ4n) is 1.67. The van der Waals surface area contributed by atoms with Crippen LogP contribution in [0.4, 0.5) is 4.39 Å². The van der Waals surface area contributed by atoms with Gasteiger partial charge in [-0.15, -0.1) is 0 Å². The van der Waals surface area contributed by atoms with Crippen LogP contribution in [0.5, 0.6) is 0 Å². The highest BCUT2D eigenvalue weighted by atomic mass is 79.9. The first-order chi connectivity index (χ1) is 8.65. The van der Waals surface area contributed by atoms with Crippen molar-refractivity contribution in [2.45, 2.75) is 13.1 Å². The summed E-state index contributed by atoms with van der Waals surface area (Å²) in [4.78, 5) is 0. The van der Waals surface area contributed by atoms with Gasteiger partial charge in [-0.1, -0.05) is 39.7 Å². The van der Waals surface area contributed by atoms with E-state index in [1.807, 2.05) is 24.3 Å². The van der Waals surface area contributed by atoms with Crippen LogP contribution in [0.2, 0.25) is 5.02 Å². The molecule has 0 saturated heterocycles. The zero-order valence-electron chi connectivity index (χ0n) is 9.59. The third-order valence-electron chi connectivity index (χ3n) is 2.54. The largest absolute Gasteiger partial charge is 0.309 e. The average molecular weight is 329 g/mol. The van der Waals surface area contributed by atoms with Crippen LogP contribution in [0.3, 0.4) is 0 Å². The van der Waals surface area contributed by atoms with Crippen molar-refractivity contribution in [3.8, 4) is 0 Å². The molecule has 0 aromatic heterocycles. The number of rotatable bonds is 4. The topological polar surface area (TPSA) is 12.0 Å². The minimum absolute atomic E-state index is 0.265. The standard InChI is InChI=1S/C14H12BrClFN/c15-12-3-1-2-10(6-12)8-18-9-11-7-13(17)4-5-14(11)16/h1-7,18H,8-9H2. The number of benzene rings is 2. The average Bonchev–Trinajstić information content (AvgIpc) is 2.34. The molecule has 0 saturated carbocycles. The summed E-state index contributed by atoms with van der Waals surface area (Å²) in [6.45, 7) is 1.26. The van der Waals surface area contributed by atoms with Gasteiger partial charge in [0.25, 0.3) is 0 Å². The summed E-state index contributed by atoms with van der Waals surface area (Å²) in [5, 5.41) is 3.82. The van der Waals surface area contributed by atoms with Crippen LogP contribution in [0.15, 0.2) is 46.9 Å². The van der Waals surface area contributed by atoms with E-state index < -0.39 is 0 Å². The van der Waals surface area contributed by atoms with E-state index in [-0.39, 0.29) is 5.82 Å². The molecule has 2 rings (SSSR count). The highest BCUT2D eigenvalue weighted by molar-refractivity contribution is 9.10. The molecule has 1 nitrogen and oxygen atoms in total. The summed E-state index contributed by atoms with van der Waals surface area (Å²) in [5.74, 6) is -0.265. The van der Waals surface area contributed by atoms with Crippen molar-refractivity contribution in [2.75, 3.05) is 0 Å². The third-order valence-corrected chi connectivity index (χ3v) is 3.40. The van der Waals surface area contributed by atoms with Crippen molar-refractivity contribution in [3.63, 3.8) is 0 Å². The lowest BCUT2D eigenvalue weighted by Crippen LogP contribution is -2.13. The van der Waals surface area contributed by atoms with Gasteiger partial charge >= 0.3 is 0 Å². The van der Waals surface area contributed by atoms with E-state index in [9.17, 15) is 4.39 Å². The molecule has 0 radical (unpaired) electrons. The van der Waals surface area contributed by atoms with Gasteiger partial charge in [-0.3, -0.25) is 0 Å². The summed E-state index contributed by atoms with van der Waals surface area (Å²) in [6, 6.07) is 12.4. The second-order valence-corrected chi connectivity index (χ2v) is 5.29. The normalized spacial score (nSPS) is 10.6. The molecule has 0 amide bonds. The molecular formula is C14H12BrClFN. The van der Waals surface area contributed by atoms with Crippen LogP contribution in [-0.2, 0) is 13.1 Å². The Morgan fingerprint density at radius 2 is 1.94 bits per heavy atom. The molecule has 0 aliphatic rings. The SMILES string of the molecule is Fc1ccc(Cl)c(CNCc2cccc(Br)c2)c1. The Bertz CT molecular complexity index is 545. The molecule has 0 heterocycles. The number of hydrogen-bond donors (Lipinski definition) is 1. The van der Waals surface area contributed by atoms with E-state index in [4.69, 9.17) is 11.6 Å². The monoisotopic (exact) mass is 327 g/mol. The van der Waals surface area contributed by atoms with E-state index in [0.717, 1.165) is 15.6 Å². The molecule has 0 bridgehead atoms. The molecule has 18 heavy (non-hydrogen) atoms. The smallest absolute Gasteiger partial charge is 0.123 e. The fraction of sp³-hybridized carbons (Fsp3) is 0.143. The van der Waals surface area contributed by atoms with Gasteiger partial charge in [0, 0.05) is 22.6 Å². The van der Waals surface area contributed by atoms with Crippen molar-refractivity contribution in [3.05, 3.63) is 68.9 Å².